The fourth-order valence-electron chi connectivity index (χ4n) is 4.61. The van der Waals surface area contributed by atoms with Crippen LogP contribution in [0, 0.1) is 16.0 Å². The van der Waals surface area contributed by atoms with Crippen LogP contribution in [-0.2, 0) is 35.0 Å². The third-order valence-electron chi connectivity index (χ3n) is 6.55. The number of benzene rings is 2. The van der Waals surface area contributed by atoms with Gasteiger partial charge in [-0.15, -0.1) is 0 Å². The quantitative estimate of drug-likeness (QED) is 0.104. The van der Waals surface area contributed by atoms with Gasteiger partial charge >= 0.3 is 17.9 Å². The van der Waals surface area contributed by atoms with Crippen LogP contribution in [-0.4, -0.2) is 54.5 Å². The lowest BCUT2D eigenvalue weighted by Crippen LogP contribution is -2.37. The lowest BCUT2D eigenvalue weighted by atomic mass is 9.75. The van der Waals surface area contributed by atoms with E-state index in [1.165, 1.54) is 18.2 Å². The first kappa shape index (κ1) is 32.0. The maximum Gasteiger partial charge on any atom is 0.336 e. The molecule has 11 heteroatoms. The highest BCUT2D eigenvalue weighted by atomic mass is 16.6. The van der Waals surface area contributed by atoms with Gasteiger partial charge in [0.1, 0.15) is 24.9 Å². The lowest BCUT2D eigenvalue weighted by Gasteiger charge is -2.32. The van der Waals surface area contributed by atoms with Crippen LogP contribution in [0.15, 0.2) is 64.8 Å². The minimum atomic E-state index is -0.971. The molecule has 0 N–H and O–H groups in total. The molecule has 2 aromatic rings. The molecule has 3 rings (SSSR count). The van der Waals surface area contributed by atoms with Crippen molar-refractivity contribution in [3.8, 4) is 5.75 Å². The highest BCUT2D eigenvalue weighted by Crippen LogP contribution is 2.41. The smallest absolute Gasteiger partial charge is 0.336 e. The van der Waals surface area contributed by atoms with E-state index in [0.29, 0.717) is 42.2 Å². The molecule has 42 heavy (non-hydrogen) atoms. The van der Waals surface area contributed by atoms with E-state index in [4.69, 9.17) is 18.9 Å². The number of hydrogen-bond acceptors (Lipinski definition) is 10. The predicted octanol–water partition coefficient (Wildman–Crippen LogP) is 5.11. The van der Waals surface area contributed by atoms with E-state index in [-0.39, 0.29) is 30.4 Å². The minimum Gasteiger partial charge on any atom is -0.490 e. The van der Waals surface area contributed by atoms with Crippen molar-refractivity contribution in [2.24, 2.45) is 10.9 Å². The summed E-state index contributed by atoms with van der Waals surface area (Å²) in [6.45, 7) is 8.74. The van der Waals surface area contributed by atoms with Crippen molar-refractivity contribution in [2.45, 2.75) is 59.5 Å². The van der Waals surface area contributed by atoms with E-state index in [9.17, 15) is 24.5 Å². The number of ether oxygens (including phenoxy) is 4. The number of aliphatic imine (C=N–C) groups is 1. The van der Waals surface area contributed by atoms with Crippen molar-refractivity contribution in [2.75, 3.05) is 19.8 Å². The summed E-state index contributed by atoms with van der Waals surface area (Å²) in [6.07, 6.45) is 0.502. The summed E-state index contributed by atoms with van der Waals surface area (Å²) in [6, 6.07) is 13.1. The van der Waals surface area contributed by atoms with Crippen LogP contribution in [0.5, 0.6) is 5.75 Å². The van der Waals surface area contributed by atoms with Crippen molar-refractivity contribution in [3.05, 3.63) is 81.0 Å². The first-order valence-electron chi connectivity index (χ1n) is 13.8. The van der Waals surface area contributed by atoms with Gasteiger partial charge in [-0.25, -0.2) is 4.79 Å². The zero-order valence-corrected chi connectivity index (χ0v) is 24.5. The second-order valence-corrected chi connectivity index (χ2v) is 10.00. The van der Waals surface area contributed by atoms with Crippen molar-refractivity contribution in [1.29, 1.82) is 0 Å². The molecule has 0 aliphatic carbocycles. The molecule has 2 atom stereocenters. The van der Waals surface area contributed by atoms with E-state index in [1.807, 2.05) is 12.1 Å². The molecular weight excluding hydrogens is 544 g/mol. The van der Waals surface area contributed by atoms with Gasteiger partial charge in [-0.3, -0.25) is 24.7 Å². The Morgan fingerprint density at radius 2 is 1.71 bits per heavy atom. The molecule has 0 bridgehead atoms. The first-order valence-corrected chi connectivity index (χ1v) is 13.8. The van der Waals surface area contributed by atoms with Gasteiger partial charge in [0.25, 0.3) is 5.69 Å². The van der Waals surface area contributed by atoms with E-state index >= 15 is 0 Å². The summed E-state index contributed by atoms with van der Waals surface area (Å²) in [5.74, 6) is -2.83. The number of allylic oxidation sites excluding steroid dienone is 1. The van der Waals surface area contributed by atoms with Crippen LogP contribution >= 0.6 is 0 Å². The Kier molecular flexibility index (Phi) is 11.3. The zero-order valence-electron chi connectivity index (χ0n) is 24.5. The van der Waals surface area contributed by atoms with Crippen LogP contribution in [0.3, 0.4) is 0 Å². The first-order chi connectivity index (χ1) is 20.0. The summed E-state index contributed by atoms with van der Waals surface area (Å²) in [7, 11) is 0. The number of rotatable bonds is 13. The fourth-order valence-corrected chi connectivity index (χ4v) is 4.61. The molecule has 0 amide bonds. The molecule has 0 spiro atoms. The average molecular weight is 581 g/mol. The van der Waals surface area contributed by atoms with E-state index in [1.54, 1.807) is 52.8 Å². The van der Waals surface area contributed by atoms with Gasteiger partial charge in [-0.05, 0) is 51.0 Å². The van der Waals surface area contributed by atoms with Gasteiger partial charge in [-0.2, -0.15) is 0 Å². The molecule has 1 heterocycles. The summed E-state index contributed by atoms with van der Waals surface area (Å²) in [5, 5.41) is 11.5. The second-order valence-electron chi connectivity index (χ2n) is 10.00. The van der Waals surface area contributed by atoms with Crippen molar-refractivity contribution in [3.63, 3.8) is 0 Å². The third kappa shape index (κ3) is 8.48. The number of esters is 3. The molecular formula is C31H36N2O9. The van der Waals surface area contributed by atoms with Gasteiger partial charge in [0.15, 0.2) is 0 Å². The highest BCUT2D eigenvalue weighted by Gasteiger charge is 2.43. The van der Waals surface area contributed by atoms with Gasteiger partial charge in [0.05, 0.1) is 23.2 Å². The SMILES string of the molecule is CCC(=O)OCCc1ccc(OCCOC(=O)C2=C(C)N=C(C)C(C(=O)OC(C)C)C2c2cccc([N+](=O)[O-])c2)cc1. The molecule has 1 aliphatic heterocycles. The monoisotopic (exact) mass is 580 g/mol. The summed E-state index contributed by atoms with van der Waals surface area (Å²) < 4.78 is 21.8. The maximum atomic E-state index is 13.4. The summed E-state index contributed by atoms with van der Waals surface area (Å²) >= 11 is 0. The Labute approximate surface area is 244 Å². The molecule has 0 aromatic heterocycles. The van der Waals surface area contributed by atoms with Gasteiger partial charge in [0, 0.05) is 42.3 Å². The van der Waals surface area contributed by atoms with Crippen molar-refractivity contribution in [1.82, 2.24) is 0 Å². The molecule has 1 aliphatic rings. The number of carbonyl (C=O) groups excluding carboxylic acids is 3. The maximum absolute atomic E-state index is 13.4. The number of carbonyl (C=O) groups is 3. The number of nitro benzene ring substituents is 1. The largest absolute Gasteiger partial charge is 0.490 e. The number of non-ortho nitro benzene ring substituents is 1. The Hall–Kier alpha value is -4.54. The Morgan fingerprint density at radius 3 is 2.36 bits per heavy atom. The Bertz CT molecular complexity index is 1360. The molecule has 2 unspecified atom stereocenters. The number of nitro groups is 1. The van der Waals surface area contributed by atoms with E-state index in [0.717, 1.165) is 5.56 Å². The van der Waals surface area contributed by atoms with E-state index < -0.39 is 34.8 Å². The van der Waals surface area contributed by atoms with E-state index in [2.05, 4.69) is 4.99 Å². The average Bonchev–Trinajstić information content (AvgIpc) is 2.95. The van der Waals surface area contributed by atoms with Gasteiger partial charge in [-0.1, -0.05) is 31.2 Å². The standard InChI is InChI=1S/C31H36N2O9/c1-6-26(34)40-15-14-22-10-12-25(13-11-22)39-16-17-41-30(35)27-20(4)32-21(5)28(31(36)42-19(2)3)29(27)23-8-7-9-24(18-23)33(37)38/h7-13,18-19,28-29H,6,14-17H2,1-5H3. The summed E-state index contributed by atoms with van der Waals surface area (Å²) in [4.78, 5) is 53.3. The highest BCUT2D eigenvalue weighted by molar-refractivity contribution is 6.07. The third-order valence-corrected chi connectivity index (χ3v) is 6.55. The summed E-state index contributed by atoms with van der Waals surface area (Å²) in [5.41, 5.74) is 2.11. The fraction of sp³-hybridized carbons (Fsp3) is 0.419. The molecule has 11 nitrogen and oxygen atoms in total. The topological polar surface area (TPSA) is 144 Å². The van der Waals surface area contributed by atoms with Crippen LogP contribution in [0.1, 0.15) is 58.1 Å². The molecule has 0 radical (unpaired) electrons. The van der Waals surface area contributed by atoms with Crippen LogP contribution in [0.4, 0.5) is 5.69 Å². The predicted molar refractivity (Wildman–Crippen MR) is 154 cm³/mol. The van der Waals surface area contributed by atoms with Crippen LogP contribution in [0.2, 0.25) is 0 Å². The second kappa shape index (κ2) is 14.9. The Balaban J connectivity index is 1.72. The normalized spacial score (nSPS) is 16.5. The number of hydrogen-bond donors (Lipinski definition) is 0. The molecule has 2 aromatic carbocycles. The van der Waals surface area contributed by atoms with Gasteiger partial charge in [0.2, 0.25) is 0 Å². The zero-order chi connectivity index (χ0) is 30.8. The van der Waals surface area contributed by atoms with Crippen LogP contribution in [0.25, 0.3) is 0 Å². The molecule has 0 fully saturated rings. The Morgan fingerprint density at radius 1 is 1.00 bits per heavy atom. The molecule has 0 saturated heterocycles. The molecule has 0 saturated carbocycles. The van der Waals surface area contributed by atoms with Crippen molar-refractivity contribution >= 4 is 29.3 Å². The minimum absolute atomic E-state index is 0.0636. The van der Waals surface area contributed by atoms with Gasteiger partial charge < -0.3 is 18.9 Å². The van der Waals surface area contributed by atoms with Crippen LogP contribution < -0.4 is 4.74 Å². The lowest BCUT2D eigenvalue weighted by molar-refractivity contribution is -0.384. The number of nitrogens with zero attached hydrogens (tertiary/aromatic N) is 2. The molecule has 224 valence electrons. The van der Waals surface area contributed by atoms with Crippen molar-refractivity contribution < 1.29 is 38.3 Å².